The van der Waals surface area contributed by atoms with Crippen LogP contribution < -0.4 is 5.32 Å². The zero-order valence-corrected chi connectivity index (χ0v) is 25.6. The highest BCUT2D eigenvalue weighted by atomic mass is 19.4. The van der Waals surface area contributed by atoms with Crippen molar-refractivity contribution in [3.05, 3.63) is 95.6 Å². The van der Waals surface area contributed by atoms with Crippen molar-refractivity contribution in [2.45, 2.75) is 43.9 Å². The Hall–Kier alpha value is -4.03. The summed E-state index contributed by atoms with van der Waals surface area (Å²) in [4.78, 5) is 21.7. The molecule has 5 rings (SSSR count). The molecule has 0 saturated carbocycles. The fourth-order valence-electron chi connectivity index (χ4n) is 5.92. The van der Waals surface area contributed by atoms with Gasteiger partial charge >= 0.3 is 6.18 Å². The van der Waals surface area contributed by atoms with Crippen molar-refractivity contribution in [1.82, 2.24) is 19.4 Å². The van der Waals surface area contributed by atoms with Crippen molar-refractivity contribution in [2.24, 2.45) is 0 Å². The Kier molecular flexibility index (Phi) is 10.9. The van der Waals surface area contributed by atoms with Crippen molar-refractivity contribution in [3.63, 3.8) is 0 Å². The van der Waals surface area contributed by atoms with Gasteiger partial charge in [-0.1, -0.05) is 36.4 Å². The number of piperidine rings is 1. The molecule has 4 aromatic rings. The quantitative estimate of drug-likeness (QED) is 0.130. The number of benzene rings is 3. The van der Waals surface area contributed by atoms with Gasteiger partial charge in [0.1, 0.15) is 6.61 Å². The molecule has 7 nitrogen and oxygen atoms in total. The van der Waals surface area contributed by atoms with Crippen LogP contribution in [0.5, 0.6) is 0 Å². The first-order valence-corrected chi connectivity index (χ1v) is 15.4. The fraction of sp³-hybridized carbons (Fsp3) is 0.412. The highest BCUT2D eigenvalue weighted by molar-refractivity contribution is 5.94. The standard InChI is InChI=1S/C34H38F5N5O2/c1-42(32(45)24-7-3-2-4-8-24)22-26(25-11-12-28(35)29(36)21-25)13-16-43-17-14-27(15-18-43)40-33-41-30-9-5-6-10-31(30)44(33)19-20-46-23-34(37,38)39/h2-12,21,26-27H,13-20,22-23H2,1H3,(H,40,41). The van der Waals surface area contributed by atoms with E-state index < -0.39 is 24.4 Å². The number of alkyl halides is 3. The van der Waals surface area contributed by atoms with Crippen molar-refractivity contribution in [1.29, 1.82) is 0 Å². The molecule has 1 N–H and O–H groups in total. The molecule has 246 valence electrons. The molecular weight excluding hydrogens is 605 g/mol. The van der Waals surface area contributed by atoms with Crippen LogP contribution in [0.4, 0.5) is 27.9 Å². The van der Waals surface area contributed by atoms with Crippen LogP contribution in [0.3, 0.4) is 0 Å². The summed E-state index contributed by atoms with van der Waals surface area (Å²) in [6, 6.07) is 20.5. The Balaban J connectivity index is 1.18. The highest BCUT2D eigenvalue weighted by Gasteiger charge is 2.28. The number of carbonyl (C=O) groups is 1. The molecule has 3 aromatic carbocycles. The molecule has 0 spiro atoms. The van der Waals surface area contributed by atoms with Crippen LogP contribution in [0.1, 0.15) is 41.1 Å². The number of fused-ring (bicyclic) bond motifs is 1. The molecule has 1 unspecified atom stereocenters. The number of anilines is 1. The van der Waals surface area contributed by atoms with E-state index in [9.17, 15) is 26.7 Å². The van der Waals surface area contributed by atoms with Crippen LogP contribution in [0.15, 0.2) is 72.8 Å². The molecule has 1 saturated heterocycles. The molecule has 0 aliphatic carbocycles. The maximum absolute atomic E-state index is 14.2. The van der Waals surface area contributed by atoms with Gasteiger partial charge in [0.25, 0.3) is 5.91 Å². The minimum absolute atomic E-state index is 0.0990. The number of likely N-dealkylation sites (N-methyl/N-ethyl adjacent to an activating group) is 1. The number of rotatable bonds is 13. The van der Waals surface area contributed by atoms with Gasteiger partial charge in [0.05, 0.1) is 17.6 Å². The zero-order valence-electron chi connectivity index (χ0n) is 25.6. The molecule has 1 amide bonds. The average Bonchev–Trinajstić information content (AvgIpc) is 3.39. The lowest BCUT2D eigenvalue weighted by molar-refractivity contribution is -0.174. The number of likely N-dealkylation sites (tertiary alicyclic amines) is 1. The second kappa shape index (κ2) is 15.0. The van der Waals surface area contributed by atoms with Gasteiger partial charge in [0.2, 0.25) is 5.95 Å². The van der Waals surface area contributed by atoms with Crippen molar-refractivity contribution in [3.8, 4) is 0 Å². The maximum atomic E-state index is 14.2. The summed E-state index contributed by atoms with van der Waals surface area (Å²) < 4.78 is 72.3. The Labute approximate surface area is 265 Å². The molecule has 1 fully saturated rings. The number of imidazole rings is 1. The second-order valence-electron chi connectivity index (χ2n) is 11.7. The van der Waals surface area contributed by atoms with E-state index in [0.29, 0.717) is 36.6 Å². The summed E-state index contributed by atoms with van der Waals surface area (Å²) in [5.74, 6) is -1.57. The van der Waals surface area contributed by atoms with Crippen molar-refractivity contribution >= 4 is 22.9 Å². The Bertz CT molecular complexity index is 1590. The molecule has 1 aromatic heterocycles. The van der Waals surface area contributed by atoms with E-state index in [4.69, 9.17) is 9.72 Å². The monoisotopic (exact) mass is 643 g/mol. The number of hydrogen-bond acceptors (Lipinski definition) is 5. The highest BCUT2D eigenvalue weighted by Crippen LogP contribution is 2.26. The van der Waals surface area contributed by atoms with Crippen LogP contribution >= 0.6 is 0 Å². The third kappa shape index (κ3) is 8.82. The lowest BCUT2D eigenvalue weighted by atomic mass is 9.93. The molecule has 46 heavy (non-hydrogen) atoms. The lowest BCUT2D eigenvalue weighted by Crippen LogP contribution is -2.40. The summed E-state index contributed by atoms with van der Waals surface area (Å²) in [5.41, 5.74) is 2.77. The van der Waals surface area contributed by atoms with Gasteiger partial charge in [0, 0.05) is 50.7 Å². The zero-order chi connectivity index (χ0) is 32.7. The number of nitrogens with zero attached hydrogens (tertiary/aromatic N) is 4. The van der Waals surface area contributed by atoms with Gasteiger partial charge in [0.15, 0.2) is 11.6 Å². The SMILES string of the molecule is CN(CC(CCN1CCC(Nc2nc3ccccc3n2CCOCC(F)(F)F)CC1)c1ccc(F)c(F)c1)C(=O)c1ccccc1. The van der Waals surface area contributed by atoms with Gasteiger partial charge in [-0.15, -0.1) is 0 Å². The summed E-state index contributed by atoms with van der Waals surface area (Å²) in [5, 5.41) is 3.50. The van der Waals surface area contributed by atoms with Gasteiger partial charge in [-0.3, -0.25) is 4.79 Å². The molecular formula is C34H38F5N5O2. The minimum Gasteiger partial charge on any atom is -0.370 e. The molecule has 1 aliphatic rings. The first-order chi connectivity index (χ1) is 22.1. The summed E-state index contributed by atoms with van der Waals surface area (Å²) >= 11 is 0. The van der Waals surface area contributed by atoms with Crippen molar-refractivity contribution in [2.75, 3.05) is 51.8 Å². The number of ether oxygens (including phenoxy) is 1. The molecule has 12 heteroatoms. The van der Waals surface area contributed by atoms with Gasteiger partial charge in [-0.2, -0.15) is 13.2 Å². The summed E-state index contributed by atoms with van der Waals surface area (Å²) in [7, 11) is 1.72. The number of carbonyl (C=O) groups excluding carboxylic acids is 1. The molecule has 1 aliphatic heterocycles. The minimum atomic E-state index is -4.38. The van der Waals surface area contributed by atoms with Crippen LogP contribution in [0.25, 0.3) is 11.0 Å². The molecule has 1 atom stereocenters. The first kappa shape index (κ1) is 33.3. The van der Waals surface area contributed by atoms with E-state index >= 15 is 0 Å². The number of nitrogens with one attached hydrogen (secondary N) is 1. The van der Waals surface area contributed by atoms with Crippen LogP contribution in [0.2, 0.25) is 0 Å². The third-order valence-electron chi connectivity index (χ3n) is 8.37. The number of halogens is 5. The molecule has 0 radical (unpaired) electrons. The first-order valence-electron chi connectivity index (χ1n) is 15.4. The maximum Gasteiger partial charge on any atom is 0.411 e. The topological polar surface area (TPSA) is 62.6 Å². The smallest absolute Gasteiger partial charge is 0.370 e. The second-order valence-corrected chi connectivity index (χ2v) is 11.7. The average molecular weight is 644 g/mol. The van der Waals surface area contributed by atoms with Crippen LogP contribution in [-0.4, -0.2) is 83.9 Å². The largest absolute Gasteiger partial charge is 0.411 e. The Morgan fingerprint density at radius 2 is 1.72 bits per heavy atom. The predicted molar refractivity (Wildman–Crippen MR) is 167 cm³/mol. The van der Waals surface area contributed by atoms with Crippen LogP contribution in [0, 0.1) is 11.6 Å². The molecule has 2 heterocycles. The Morgan fingerprint density at radius 1 is 1.00 bits per heavy atom. The van der Waals surface area contributed by atoms with Gasteiger partial charge in [-0.05, 0) is 67.8 Å². The van der Waals surface area contributed by atoms with E-state index in [1.54, 1.807) is 42.3 Å². The van der Waals surface area contributed by atoms with E-state index in [0.717, 1.165) is 43.0 Å². The van der Waals surface area contributed by atoms with E-state index in [-0.39, 0.29) is 31.0 Å². The summed E-state index contributed by atoms with van der Waals surface area (Å²) in [6.07, 6.45) is -2.11. The lowest BCUT2D eigenvalue weighted by Gasteiger charge is -2.34. The normalized spacial score (nSPS) is 15.3. The van der Waals surface area contributed by atoms with E-state index in [1.807, 2.05) is 34.9 Å². The molecule has 0 bridgehead atoms. The van der Waals surface area contributed by atoms with Gasteiger partial charge < -0.3 is 24.4 Å². The number of aromatic nitrogens is 2. The number of hydrogen-bond donors (Lipinski definition) is 1. The Morgan fingerprint density at radius 3 is 2.43 bits per heavy atom. The van der Waals surface area contributed by atoms with Gasteiger partial charge in [-0.25, -0.2) is 13.8 Å². The van der Waals surface area contributed by atoms with Crippen molar-refractivity contribution < 1.29 is 31.5 Å². The van der Waals surface area contributed by atoms with E-state index in [1.165, 1.54) is 6.07 Å². The third-order valence-corrected chi connectivity index (χ3v) is 8.37. The predicted octanol–water partition coefficient (Wildman–Crippen LogP) is 6.72. The number of para-hydroxylation sites is 2. The van der Waals surface area contributed by atoms with E-state index in [2.05, 4.69) is 10.2 Å². The fourth-order valence-corrected chi connectivity index (χ4v) is 5.92. The van der Waals surface area contributed by atoms with Crippen LogP contribution in [-0.2, 0) is 11.3 Å². The number of amides is 1. The summed E-state index contributed by atoms with van der Waals surface area (Å²) in [6.45, 7) is 1.46.